The summed E-state index contributed by atoms with van der Waals surface area (Å²) >= 11 is 0. The third-order valence-electron chi connectivity index (χ3n) is 7.76. The zero-order valence-electron chi connectivity index (χ0n) is 25.2. The molecule has 2 N–H and O–H groups in total. The summed E-state index contributed by atoms with van der Waals surface area (Å²) in [4.78, 5) is 20.5. The van der Waals surface area contributed by atoms with Gasteiger partial charge in [-0.2, -0.15) is 5.10 Å². The Labute approximate surface area is 252 Å². The number of amides is 2. The van der Waals surface area contributed by atoms with Gasteiger partial charge in [0, 0.05) is 48.3 Å². The highest BCUT2D eigenvalue weighted by Crippen LogP contribution is 2.33. The molecular formula is C35H38N6O2. The van der Waals surface area contributed by atoms with Gasteiger partial charge in [-0.15, -0.1) is 0 Å². The summed E-state index contributed by atoms with van der Waals surface area (Å²) in [6, 6.07) is 26.0. The van der Waals surface area contributed by atoms with Gasteiger partial charge in [-0.05, 0) is 47.7 Å². The largest absolute Gasteiger partial charge is 0.379 e. The van der Waals surface area contributed by atoms with Crippen LogP contribution in [0.15, 0.2) is 85.1 Å². The van der Waals surface area contributed by atoms with E-state index in [1.165, 1.54) is 0 Å². The van der Waals surface area contributed by atoms with Crippen LogP contribution in [0.5, 0.6) is 0 Å². The molecule has 0 bridgehead atoms. The minimum Gasteiger partial charge on any atom is -0.379 e. The van der Waals surface area contributed by atoms with Gasteiger partial charge in [-0.1, -0.05) is 69.3 Å². The van der Waals surface area contributed by atoms with Crippen LogP contribution in [0.2, 0.25) is 0 Å². The third kappa shape index (κ3) is 6.45. The van der Waals surface area contributed by atoms with Gasteiger partial charge >= 0.3 is 6.03 Å². The van der Waals surface area contributed by atoms with Crippen molar-refractivity contribution in [3.8, 4) is 16.8 Å². The Morgan fingerprint density at radius 1 is 0.907 bits per heavy atom. The molecule has 0 saturated carbocycles. The van der Waals surface area contributed by atoms with Crippen LogP contribution in [0.3, 0.4) is 0 Å². The predicted molar refractivity (Wildman–Crippen MR) is 173 cm³/mol. The molecule has 220 valence electrons. The normalized spacial score (nSPS) is 14.1. The number of morpholine rings is 1. The monoisotopic (exact) mass is 574 g/mol. The maximum atomic E-state index is 13.4. The van der Waals surface area contributed by atoms with Crippen molar-refractivity contribution in [2.24, 2.45) is 0 Å². The average Bonchev–Trinajstić information content (AvgIpc) is 3.43. The number of ether oxygens (including phenoxy) is 1. The number of nitrogens with zero attached hydrogens (tertiary/aromatic N) is 4. The molecule has 0 atom stereocenters. The fourth-order valence-corrected chi connectivity index (χ4v) is 5.39. The number of aryl methyl sites for hydroxylation is 1. The molecule has 1 aliphatic heterocycles. The van der Waals surface area contributed by atoms with Crippen LogP contribution in [0, 0.1) is 6.92 Å². The Morgan fingerprint density at radius 2 is 1.70 bits per heavy atom. The van der Waals surface area contributed by atoms with Crippen LogP contribution in [-0.4, -0.2) is 52.0 Å². The summed E-state index contributed by atoms with van der Waals surface area (Å²) in [5.74, 6) is 0.609. The fourth-order valence-electron chi connectivity index (χ4n) is 5.39. The molecule has 0 unspecified atom stereocenters. The quantitative estimate of drug-likeness (QED) is 0.225. The molecule has 1 saturated heterocycles. The lowest BCUT2D eigenvalue weighted by Crippen LogP contribution is -2.35. The van der Waals surface area contributed by atoms with E-state index in [0.717, 1.165) is 83.1 Å². The number of hydrogen-bond donors (Lipinski definition) is 2. The molecular weight excluding hydrogens is 536 g/mol. The topological polar surface area (TPSA) is 84.3 Å². The van der Waals surface area contributed by atoms with Gasteiger partial charge in [0.25, 0.3) is 0 Å². The smallest absolute Gasteiger partial charge is 0.324 e. The minimum absolute atomic E-state index is 0.177. The molecule has 3 aromatic carbocycles. The van der Waals surface area contributed by atoms with Crippen molar-refractivity contribution < 1.29 is 9.53 Å². The van der Waals surface area contributed by atoms with Crippen molar-refractivity contribution in [2.45, 2.75) is 39.7 Å². The first-order valence-electron chi connectivity index (χ1n) is 14.8. The number of carbonyl (C=O) groups excluding carboxylic acids is 1. The summed E-state index contributed by atoms with van der Waals surface area (Å²) in [6.45, 7) is 12.6. The maximum absolute atomic E-state index is 13.4. The molecule has 3 heterocycles. The van der Waals surface area contributed by atoms with Crippen LogP contribution in [0.4, 0.5) is 16.3 Å². The van der Waals surface area contributed by atoms with E-state index in [1.807, 2.05) is 67.7 Å². The van der Waals surface area contributed by atoms with Gasteiger partial charge in [0.2, 0.25) is 0 Å². The molecule has 0 aliphatic carbocycles. The van der Waals surface area contributed by atoms with Crippen molar-refractivity contribution in [2.75, 3.05) is 36.9 Å². The van der Waals surface area contributed by atoms with Crippen LogP contribution >= 0.6 is 0 Å². The van der Waals surface area contributed by atoms with E-state index in [2.05, 4.69) is 60.6 Å². The molecule has 6 rings (SSSR count). The Kier molecular flexibility index (Phi) is 7.97. The van der Waals surface area contributed by atoms with Crippen molar-refractivity contribution in [3.63, 3.8) is 0 Å². The number of fused-ring (bicyclic) bond motifs is 1. The Morgan fingerprint density at radius 3 is 2.42 bits per heavy atom. The summed E-state index contributed by atoms with van der Waals surface area (Å²) in [6.07, 6.45) is 1.94. The van der Waals surface area contributed by atoms with E-state index in [9.17, 15) is 4.79 Å². The fraction of sp³-hybridized carbons (Fsp3) is 0.286. The van der Waals surface area contributed by atoms with Gasteiger partial charge in [-0.25, -0.2) is 9.48 Å². The molecule has 0 radical (unpaired) electrons. The van der Waals surface area contributed by atoms with Crippen LogP contribution in [0.25, 0.3) is 27.6 Å². The van der Waals surface area contributed by atoms with Crippen molar-refractivity contribution in [1.29, 1.82) is 0 Å². The van der Waals surface area contributed by atoms with Crippen molar-refractivity contribution >= 4 is 28.3 Å². The summed E-state index contributed by atoms with van der Waals surface area (Å²) in [5, 5.41) is 13.0. The second kappa shape index (κ2) is 12.0. The number of rotatable bonds is 6. The zero-order valence-corrected chi connectivity index (χ0v) is 25.2. The lowest BCUT2D eigenvalue weighted by molar-refractivity contribution is 0.0336. The number of benzene rings is 3. The summed E-state index contributed by atoms with van der Waals surface area (Å²) < 4.78 is 7.26. The number of aromatic nitrogens is 3. The zero-order chi connectivity index (χ0) is 30.0. The first-order chi connectivity index (χ1) is 20.7. The number of nitrogens with one attached hydrogen (secondary N) is 2. The molecule has 1 aliphatic rings. The lowest BCUT2D eigenvalue weighted by atomic mass is 9.92. The predicted octanol–water partition coefficient (Wildman–Crippen LogP) is 7.17. The highest BCUT2D eigenvalue weighted by atomic mass is 16.5. The minimum atomic E-state index is -0.332. The van der Waals surface area contributed by atoms with Gasteiger partial charge in [0.15, 0.2) is 0 Å². The lowest BCUT2D eigenvalue weighted by Gasteiger charge is -2.26. The Balaban J connectivity index is 1.24. The van der Waals surface area contributed by atoms with Gasteiger partial charge in [-0.3, -0.25) is 15.2 Å². The van der Waals surface area contributed by atoms with Gasteiger partial charge in [0.1, 0.15) is 5.82 Å². The van der Waals surface area contributed by atoms with E-state index in [0.29, 0.717) is 5.82 Å². The maximum Gasteiger partial charge on any atom is 0.324 e. The number of pyridine rings is 1. The first kappa shape index (κ1) is 28.6. The van der Waals surface area contributed by atoms with Crippen molar-refractivity contribution in [1.82, 2.24) is 19.7 Å². The van der Waals surface area contributed by atoms with E-state index in [4.69, 9.17) is 14.8 Å². The summed E-state index contributed by atoms with van der Waals surface area (Å²) in [7, 11) is 0. The van der Waals surface area contributed by atoms with E-state index < -0.39 is 0 Å². The number of carbonyl (C=O) groups is 1. The first-order valence-corrected chi connectivity index (χ1v) is 14.8. The van der Waals surface area contributed by atoms with E-state index in [-0.39, 0.29) is 11.4 Å². The number of hydrogen-bond acceptors (Lipinski definition) is 5. The third-order valence-corrected chi connectivity index (χ3v) is 7.76. The molecule has 8 nitrogen and oxygen atoms in total. The van der Waals surface area contributed by atoms with Gasteiger partial charge in [0.05, 0.1) is 36.0 Å². The molecule has 0 spiro atoms. The van der Waals surface area contributed by atoms with Crippen LogP contribution in [-0.2, 0) is 16.7 Å². The second-order valence-corrected chi connectivity index (χ2v) is 12.1. The Hall–Kier alpha value is -4.53. The molecule has 2 amide bonds. The van der Waals surface area contributed by atoms with Crippen LogP contribution in [0.1, 0.15) is 37.7 Å². The van der Waals surface area contributed by atoms with Crippen LogP contribution < -0.4 is 10.6 Å². The number of urea groups is 1. The molecule has 1 fully saturated rings. The van der Waals surface area contributed by atoms with Gasteiger partial charge < -0.3 is 10.1 Å². The average molecular weight is 575 g/mol. The summed E-state index contributed by atoms with van der Waals surface area (Å²) in [5.41, 5.74) is 6.61. The highest BCUT2D eigenvalue weighted by Gasteiger charge is 2.22. The van der Waals surface area contributed by atoms with Crippen molar-refractivity contribution in [3.05, 3.63) is 102 Å². The SMILES string of the molecule is Cc1cccc(-n2nc(C(C)(C)C)cc2NC(=O)Nc2ccc(-c3ccc(CN4CCOCC4)nc3)c3ccccc23)c1. The number of anilines is 2. The van der Waals surface area contributed by atoms with E-state index in [1.54, 1.807) is 4.68 Å². The molecule has 5 aromatic rings. The standard InChI is InChI=1S/C35H38N6O2/c1-24-8-7-9-27(20-24)41-33(21-32(39-41)35(2,3)4)38-34(42)37-31-15-14-28(29-10-5-6-11-30(29)31)25-12-13-26(36-22-25)23-40-16-18-43-19-17-40/h5-15,20-22H,16-19,23H2,1-4H3,(H2,37,38,42). The second-order valence-electron chi connectivity index (χ2n) is 12.1. The van der Waals surface area contributed by atoms with E-state index >= 15 is 0 Å². The molecule has 2 aromatic heterocycles. The Bertz CT molecular complexity index is 1750. The molecule has 43 heavy (non-hydrogen) atoms. The highest BCUT2D eigenvalue weighted by molar-refractivity contribution is 6.09. The molecule has 8 heteroatoms.